The van der Waals surface area contributed by atoms with Gasteiger partial charge in [-0.25, -0.2) is 4.63 Å². The van der Waals surface area contributed by atoms with Crippen LogP contribution in [0.5, 0.6) is 0 Å². The number of piperidine rings is 1. The first-order valence-electron chi connectivity index (χ1n) is 10.2. The standard InChI is InChI=1S/C19H31N5O3/c1-3-23-10-4-5-16(23)13-20-17(25)7-6-15-8-11-24(12-9-15)19(26)18-14(2)21-27-22-18/h15-16H,3-13H2,1-2H3,(H,20,25)/t16-/m0/s1. The molecule has 2 saturated heterocycles. The fourth-order valence-corrected chi connectivity index (χ4v) is 4.20. The minimum atomic E-state index is -0.109. The van der Waals surface area contributed by atoms with Crippen molar-refractivity contribution >= 4 is 11.8 Å². The zero-order chi connectivity index (χ0) is 19.2. The van der Waals surface area contributed by atoms with Crippen LogP contribution >= 0.6 is 0 Å². The number of hydrogen-bond donors (Lipinski definition) is 1. The van der Waals surface area contributed by atoms with E-state index in [0.29, 0.717) is 42.9 Å². The molecular formula is C19H31N5O3. The Hall–Kier alpha value is -1.96. The third-order valence-corrected chi connectivity index (χ3v) is 5.98. The van der Waals surface area contributed by atoms with E-state index in [1.54, 1.807) is 6.92 Å². The van der Waals surface area contributed by atoms with E-state index < -0.39 is 0 Å². The molecule has 27 heavy (non-hydrogen) atoms. The van der Waals surface area contributed by atoms with Crippen molar-refractivity contribution < 1.29 is 14.2 Å². The van der Waals surface area contributed by atoms with Crippen LogP contribution in [0.25, 0.3) is 0 Å². The average Bonchev–Trinajstić information content (AvgIpc) is 3.32. The Morgan fingerprint density at radius 2 is 1.96 bits per heavy atom. The molecule has 150 valence electrons. The van der Waals surface area contributed by atoms with Crippen molar-refractivity contribution in [1.29, 1.82) is 0 Å². The maximum absolute atomic E-state index is 12.4. The molecule has 8 nitrogen and oxygen atoms in total. The molecule has 0 saturated carbocycles. The summed E-state index contributed by atoms with van der Waals surface area (Å²) in [5.74, 6) is 0.540. The quantitative estimate of drug-likeness (QED) is 0.776. The lowest BCUT2D eigenvalue weighted by atomic mass is 9.92. The van der Waals surface area contributed by atoms with E-state index in [2.05, 4.69) is 32.1 Å². The van der Waals surface area contributed by atoms with Gasteiger partial charge in [-0.2, -0.15) is 0 Å². The molecule has 0 aromatic carbocycles. The van der Waals surface area contributed by atoms with Crippen molar-refractivity contribution in [2.75, 3.05) is 32.7 Å². The van der Waals surface area contributed by atoms with Crippen LogP contribution in [-0.4, -0.2) is 70.7 Å². The normalized spacial score (nSPS) is 21.6. The van der Waals surface area contributed by atoms with E-state index >= 15 is 0 Å². The van der Waals surface area contributed by atoms with E-state index in [0.717, 1.165) is 38.9 Å². The average molecular weight is 377 g/mol. The van der Waals surface area contributed by atoms with E-state index in [4.69, 9.17) is 0 Å². The van der Waals surface area contributed by atoms with Gasteiger partial charge in [-0.15, -0.1) is 0 Å². The smallest absolute Gasteiger partial charge is 0.278 e. The van der Waals surface area contributed by atoms with Gasteiger partial charge in [0, 0.05) is 32.1 Å². The summed E-state index contributed by atoms with van der Waals surface area (Å²) in [6.45, 7) is 8.28. The van der Waals surface area contributed by atoms with Crippen molar-refractivity contribution in [1.82, 2.24) is 25.4 Å². The van der Waals surface area contributed by atoms with Crippen LogP contribution in [0.1, 0.15) is 61.6 Å². The number of rotatable bonds is 7. The molecule has 0 bridgehead atoms. The van der Waals surface area contributed by atoms with Gasteiger partial charge in [-0.05, 0) is 63.2 Å². The van der Waals surface area contributed by atoms with Gasteiger partial charge >= 0.3 is 0 Å². The number of aromatic nitrogens is 2. The zero-order valence-corrected chi connectivity index (χ0v) is 16.4. The third-order valence-electron chi connectivity index (χ3n) is 5.98. The van der Waals surface area contributed by atoms with Crippen molar-refractivity contribution in [2.24, 2.45) is 5.92 Å². The Labute approximate surface area is 160 Å². The lowest BCUT2D eigenvalue weighted by Gasteiger charge is -2.31. The first kappa shape index (κ1) is 19.8. The Balaban J connectivity index is 1.34. The molecule has 1 aromatic heterocycles. The number of carbonyl (C=O) groups excluding carboxylic acids is 2. The number of aryl methyl sites for hydroxylation is 1. The van der Waals surface area contributed by atoms with Gasteiger partial charge in [0.05, 0.1) is 0 Å². The fraction of sp³-hybridized carbons (Fsp3) is 0.789. The fourth-order valence-electron chi connectivity index (χ4n) is 4.20. The van der Waals surface area contributed by atoms with Gasteiger partial charge in [-0.1, -0.05) is 12.1 Å². The highest BCUT2D eigenvalue weighted by Crippen LogP contribution is 2.23. The monoisotopic (exact) mass is 377 g/mol. The number of hydrogen-bond acceptors (Lipinski definition) is 6. The summed E-state index contributed by atoms with van der Waals surface area (Å²) in [6.07, 6.45) is 5.73. The molecule has 8 heteroatoms. The summed E-state index contributed by atoms with van der Waals surface area (Å²) in [5, 5.41) is 10.5. The first-order valence-corrected chi connectivity index (χ1v) is 10.2. The van der Waals surface area contributed by atoms with Crippen molar-refractivity contribution in [3.63, 3.8) is 0 Å². The molecule has 2 fully saturated rings. The van der Waals surface area contributed by atoms with Gasteiger partial charge in [0.25, 0.3) is 5.91 Å². The molecular weight excluding hydrogens is 346 g/mol. The third kappa shape index (κ3) is 5.06. The van der Waals surface area contributed by atoms with Crippen LogP contribution in [0, 0.1) is 12.8 Å². The van der Waals surface area contributed by atoms with Crippen LogP contribution in [0.3, 0.4) is 0 Å². The van der Waals surface area contributed by atoms with Crippen LogP contribution in [-0.2, 0) is 4.79 Å². The number of likely N-dealkylation sites (tertiary alicyclic amines) is 2. The lowest BCUT2D eigenvalue weighted by Crippen LogP contribution is -2.40. The van der Waals surface area contributed by atoms with Gasteiger partial charge in [-0.3, -0.25) is 14.5 Å². The molecule has 0 spiro atoms. The number of carbonyl (C=O) groups is 2. The zero-order valence-electron chi connectivity index (χ0n) is 16.4. The van der Waals surface area contributed by atoms with Crippen molar-refractivity contribution in [3.05, 3.63) is 11.4 Å². The molecule has 0 aliphatic carbocycles. The molecule has 2 aliphatic rings. The van der Waals surface area contributed by atoms with Crippen LogP contribution in [0.15, 0.2) is 4.63 Å². The number of amides is 2. The molecule has 3 heterocycles. The second kappa shape index (κ2) is 9.30. The summed E-state index contributed by atoms with van der Waals surface area (Å²) in [5.41, 5.74) is 0.837. The van der Waals surface area contributed by atoms with Gasteiger partial charge in [0.1, 0.15) is 5.69 Å². The highest BCUT2D eigenvalue weighted by molar-refractivity contribution is 5.93. The maximum atomic E-state index is 12.4. The Morgan fingerprint density at radius 1 is 1.19 bits per heavy atom. The molecule has 2 amide bonds. The second-order valence-electron chi connectivity index (χ2n) is 7.70. The van der Waals surface area contributed by atoms with E-state index in [1.807, 2.05) is 4.90 Å². The topological polar surface area (TPSA) is 91.6 Å². The predicted octanol–water partition coefficient (Wildman–Crippen LogP) is 1.61. The second-order valence-corrected chi connectivity index (χ2v) is 7.70. The van der Waals surface area contributed by atoms with Gasteiger partial charge < -0.3 is 10.2 Å². The summed E-state index contributed by atoms with van der Waals surface area (Å²) < 4.78 is 4.62. The van der Waals surface area contributed by atoms with Crippen LogP contribution in [0.2, 0.25) is 0 Å². The first-order chi connectivity index (χ1) is 13.1. The Bertz CT molecular complexity index is 639. The number of nitrogens with one attached hydrogen (secondary N) is 1. The van der Waals surface area contributed by atoms with Crippen molar-refractivity contribution in [2.45, 2.75) is 58.4 Å². The molecule has 2 aliphatic heterocycles. The summed E-state index contributed by atoms with van der Waals surface area (Å²) in [7, 11) is 0. The molecule has 0 unspecified atom stereocenters. The maximum Gasteiger partial charge on any atom is 0.278 e. The minimum absolute atomic E-state index is 0.109. The summed E-state index contributed by atoms with van der Waals surface area (Å²) in [4.78, 5) is 28.8. The highest BCUT2D eigenvalue weighted by atomic mass is 16.6. The van der Waals surface area contributed by atoms with Gasteiger partial charge in [0.2, 0.25) is 5.91 Å². The van der Waals surface area contributed by atoms with Crippen LogP contribution in [0.4, 0.5) is 0 Å². The van der Waals surface area contributed by atoms with Gasteiger partial charge in [0.15, 0.2) is 5.69 Å². The lowest BCUT2D eigenvalue weighted by molar-refractivity contribution is -0.121. The van der Waals surface area contributed by atoms with E-state index in [1.165, 1.54) is 12.8 Å². The molecule has 3 rings (SSSR count). The molecule has 1 N–H and O–H groups in total. The SMILES string of the molecule is CCN1CCC[C@H]1CNC(=O)CCC1CCN(C(=O)c2nonc2C)CC1. The highest BCUT2D eigenvalue weighted by Gasteiger charge is 2.27. The predicted molar refractivity (Wildman–Crippen MR) is 100 cm³/mol. The largest absolute Gasteiger partial charge is 0.355 e. The Kier molecular flexibility index (Phi) is 6.82. The molecule has 1 aromatic rings. The summed E-state index contributed by atoms with van der Waals surface area (Å²) >= 11 is 0. The Morgan fingerprint density at radius 3 is 2.63 bits per heavy atom. The van der Waals surface area contributed by atoms with Crippen LogP contribution < -0.4 is 5.32 Å². The van der Waals surface area contributed by atoms with Crippen molar-refractivity contribution in [3.8, 4) is 0 Å². The van der Waals surface area contributed by atoms with E-state index in [-0.39, 0.29) is 11.8 Å². The molecule has 1 atom stereocenters. The summed E-state index contributed by atoms with van der Waals surface area (Å²) in [6, 6.07) is 0.502. The minimum Gasteiger partial charge on any atom is -0.355 e. The molecule has 0 radical (unpaired) electrons. The number of nitrogens with zero attached hydrogens (tertiary/aromatic N) is 4. The van der Waals surface area contributed by atoms with E-state index in [9.17, 15) is 9.59 Å². The number of likely N-dealkylation sites (N-methyl/N-ethyl adjacent to an activating group) is 1.